The predicted molar refractivity (Wildman–Crippen MR) is 142 cm³/mol. The Morgan fingerprint density at radius 2 is 2.08 bits per heavy atom. The summed E-state index contributed by atoms with van der Waals surface area (Å²) in [4.78, 5) is 20.1. The third kappa shape index (κ3) is 5.34. The number of aliphatic hydroxyl groups is 1. The van der Waals surface area contributed by atoms with Crippen molar-refractivity contribution in [2.75, 3.05) is 13.7 Å². The molecule has 0 saturated heterocycles. The van der Waals surface area contributed by atoms with Crippen LogP contribution in [-0.4, -0.2) is 50.8 Å². The van der Waals surface area contributed by atoms with Crippen molar-refractivity contribution >= 4 is 17.2 Å². The number of pyridine rings is 1. The van der Waals surface area contributed by atoms with Crippen molar-refractivity contribution in [1.82, 2.24) is 19.7 Å². The molecule has 0 spiro atoms. The lowest BCUT2D eigenvalue weighted by Gasteiger charge is -2.23. The largest absolute Gasteiger partial charge is 0.396 e. The quantitative estimate of drug-likeness (QED) is 0.291. The van der Waals surface area contributed by atoms with Crippen LogP contribution < -0.4 is 5.73 Å². The lowest BCUT2D eigenvalue weighted by Crippen LogP contribution is -2.24. The highest BCUT2D eigenvalue weighted by Gasteiger charge is 2.28. The van der Waals surface area contributed by atoms with Crippen LogP contribution in [0.3, 0.4) is 0 Å². The second kappa shape index (κ2) is 10.9. The Labute approximate surface area is 216 Å². The number of nitrogens with zero attached hydrogens (tertiary/aromatic N) is 4. The van der Waals surface area contributed by atoms with Crippen molar-refractivity contribution in [1.29, 1.82) is 0 Å². The van der Waals surface area contributed by atoms with Gasteiger partial charge in [-0.25, -0.2) is 0 Å². The van der Waals surface area contributed by atoms with Gasteiger partial charge in [0.25, 0.3) is 0 Å². The van der Waals surface area contributed by atoms with Gasteiger partial charge in [-0.2, -0.15) is 4.98 Å². The van der Waals surface area contributed by atoms with Gasteiger partial charge in [0.1, 0.15) is 6.29 Å². The summed E-state index contributed by atoms with van der Waals surface area (Å²) in [6, 6.07) is 9.43. The first-order chi connectivity index (χ1) is 17.7. The average Bonchev–Trinajstić information content (AvgIpc) is 3.49. The Hall–Kier alpha value is -3.40. The molecule has 37 heavy (non-hydrogen) atoms. The summed E-state index contributed by atoms with van der Waals surface area (Å²) in [5.74, 6) is 0.750. The summed E-state index contributed by atoms with van der Waals surface area (Å²) in [5.41, 5.74) is 11.3. The van der Waals surface area contributed by atoms with Gasteiger partial charge in [-0.15, -0.1) is 0 Å². The Kier molecular flexibility index (Phi) is 7.87. The second-order valence-corrected chi connectivity index (χ2v) is 10.1. The molecule has 9 heteroatoms. The van der Waals surface area contributed by atoms with E-state index in [2.05, 4.69) is 58.7 Å². The number of carbonyl (C=O) groups excluding carboxylic acids is 1. The number of hydrogen-bond acceptors (Lipinski definition) is 8. The fourth-order valence-corrected chi connectivity index (χ4v) is 4.67. The molecule has 4 aromatic rings. The van der Waals surface area contributed by atoms with Gasteiger partial charge in [-0.1, -0.05) is 19.0 Å². The van der Waals surface area contributed by atoms with Crippen LogP contribution in [0, 0.1) is 5.41 Å². The summed E-state index contributed by atoms with van der Waals surface area (Å²) >= 11 is 0. The molecule has 0 saturated carbocycles. The van der Waals surface area contributed by atoms with Crippen LogP contribution in [0.2, 0.25) is 0 Å². The van der Waals surface area contributed by atoms with E-state index in [4.69, 9.17) is 15.0 Å². The number of aliphatic hydroxyl groups excluding tert-OH is 1. The summed E-state index contributed by atoms with van der Waals surface area (Å²) in [6.45, 7) is 9.01. The van der Waals surface area contributed by atoms with Crippen LogP contribution >= 0.6 is 0 Å². The highest BCUT2D eigenvalue weighted by Crippen LogP contribution is 2.41. The number of nitrogens with two attached hydrogens (primary N) is 1. The van der Waals surface area contributed by atoms with E-state index >= 15 is 0 Å². The zero-order valence-corrected chi connectivity index (χ0v) is 22.1. The maximum atomic E-state index is 10.9. The number of aryl methyl sites for hydroxylation is 1. The second-order valence-electron chi connectivity index (χ2n) is 10.1. The van der Waals surface area contributed by atoms with E-state index in [0.29, 0.717) is 24.4 Å². The minimum Gasteiger partial charge on any atom is -0.396 e. The molecule has 3 heterocycles. The van der Waals surface area contributed by atoms with Gasteiger partial charge in [-0.05, 0) is 61.6 Å². The SMILES string of the molecule is CCn1c(-c2cccnc2C(C)OC)c(CC(C)(C)CO)c2cc(-c3noc(CC(N)C=O)n3)ccc21. The fourth-order valence-electron chi connectivity index (χ4n) is 4.67. The Morgan fingerprint density at radius 3 is 2.76 bits per heavy atom. The van der Waals surface area contributed by atoms with E-state index < -0.39 is 6.04 Å². The Balaban J connectivity index is 1.95. The molecule has 0 bridgehead atoms. The molecule has 0 radical (unpaired) electrons. The number of fused-ring (bicyclic) bond motifs is 1. The van der Waals surface area contributed by atoms with Gasteiger partial charge >= 0.3 is 0 Å². The number of methoxy groups -OCH3 is 1. The average molecular weight is 506 g/mol. The fraction of sp³-hybridized carbons (Fsp3) is 0.429. The monoisotopic (exact) mass is 505 g/mol. The standard InChI is InChI=1S/C28H35N5O4/c1-6-33-23-10-9-18(27-31-24(37-32-27)13-19(29)15-34)12-21(23)22(14-28(3,4)16-35)26(33)20-8-7-11-30-25(20)17(2)36-5/h7-12,15,17,19,35H,6,13-14,16,29H2,1-5H3. The predicted octanol–water partition coefficient (Wildman–Crippen LogP) is 4.11. The van der Waals surface area contributed by atoms with Crippen LogP contribution in [0.4, 0.5) is 0 Å². The number of hydrogen-bond donors (Lipinski definition) is 2. The number of ether oxygens (including phenoxy) is 1. The molecule has 4 rings (SSSR count). The maximum absolute atomic E-state index is 10.9. The highest BCUT2D eigenvalue weighted by molar-refractivity contribution is 5.94. The minimum absolute atomic E-state index is 0.0461. The molecule has 2 unspecified atom stereocenters. The lowest BCUT2D eigenvalue weighted by molar-refractivity contribution is -0.108. The summed E-state index contributed by atoms with van der Waals surface area (Å²) < 4.78 is 13.3. The lowest BCUT2D eigenvalue weighted by atomic mass is 9.84. The van der Waals surface area contributed by atoms with Crippen LogP contribution in [0.1, 0.15) is 50.9 Å². The number of rotatable bonds is 11. The molecule has 0 aliphatic rings. The molecule has 2 atom stereocenters. The van der Waals surface area contributed by atoms with Gasteiger partial charge < -0.3 is 29.5 Å². The van der Waals surface area contributed by atoms with Crippen LogP contribution in [-0.2, 0) is 28.9 Å². The van der Waals surface area contributed by atoms with Crippen molar-refractivity contribution in [2.45, 2.75) is 59.2 Å². The molecule has 0 aliphatic heterocycles. The third-order valence-electron chi connectivity index (χ3n) is 6.71. The van der Waals surface area contributed by atoms with Crippen molar-refractivity contribution in [3.63, 3.8) is 0 Å². The number of aldehydes is 1. The molecule has 196 valence electrons. The van der Waals surface area contributed by atoms with E-state index in [9.17, 15) is 9.90 Å². The zero-order valence-electron chi connectivity index (χ0n) is 22.1. The topological polar surface area (TPSA) is 129 Å². The number of carbonyl (C=O) groups is 1. The summed E-state index contributed by atoms with van der Waals surface area (Å²) in [6.07, 6.45) is 3.09. The van der Waals surface area contributed by atoms with Gasteiger partial charge in [0.15, 0.2) is 0 Å². The van der Waals surface area contributed by atoms with Crippen molar-refractivity contribution in [3.8, 4) is 22.6 Å². The Bertz CT molecular complexity index is 1390. The van der Waals surface area contributed by atoms with Gasteiger partial charge in [0.05, 0.1) is 23.5 Å². The molecule has 9 nitrogen and oxygen atoms in total. The normalized spacial score (nSPS) is 13.7. The minimum atomic E-state index is -0.688. The molecular formula is C28H35N5O4. The first kappa shape index (κ1) is 26.7. The van der Waals surface area contributed by atoms with E-state index in [1.165, 1.54) is 0 Å². The smallest absolute Gasteiger partial charge is 0.228 e. The van der Waals surface area contributed by atoms with Crippen LogP contribution in [0.15, 0.2) is 41.1 Å². The maximum Gasteiger partial charge on any atom is 0.228 e. The number of aromatic nitrogens is 4. The number of benzene rings is 1. The zero-order chi connectivity index (χ0) is 26.7. The molecule has 1 aromatic carbocycles. The van der Waals surface area contributed by atoms with E-state index in [0.717, 1.165) is 45.5 Å². The molecule has 3 aromatic heterocycles. The van der Waals surface area contributed by atoms with Crippen molar-refractivity contribution in [3.05, 3.63) is 53.7 Å². The molecular weight excluding hydrogens is 470 g/mol. The van der Waals surface area contributed by atoms with Gasteiger partial charge in [0.2, 0.25) is 11.7 Å². The summed E-state index contributed by atoms with van der Waals surface area (Å²) in [7, 11) is 1.68. The van der Waals surface area contributed by atoms with Gasteiger partial charge in [0, 0.05) is 54.9 Å². The van der Waals surface area contributed by atoms with Gasteiger partial charge in [-0.3, -0.25) is 4.98 Å². The summed E-state index contributed by atoms with van der Waals surface area (Å²) in [5, 5.41) is 15.3. The van der Waals surface area contributed by atoms with Crippen molar-refractivity contribution in [2.24, 2.45) is 11.1 Å². The van der Waals surface area contributed by atoms with Crippen LogP contribution in [0.5, 0.6) is 0 Å². The molecule has 0 amide bonds. The van der Waals surface area contributed by atoms with E-state index in [1.807, 2.05) is 19.1 Å². The van der Waals surface area contributed by atoms with E-state index in [-0.39, 0.29) is 24.5 Å². The van der Waals surface area contributed by atoms with E-state index in [1.54, 1.807) is 13.3 Å². The first-order valence-electron chi connectivity index (χ1n) is 12.5. The van der Waals surface area contributed by atoms with Crippen LogP contribution in [0.25, 0.3) is 33.5 Å². The molecule has 3 N–H and O–H groups in total. The Morgan fingerprint density at radius 1 is 1.30 bits per heavy atom. The highest BCUT2D eigenvalue weighted by atomic mass is 16.5. The molecule has 0 fully saturated rings. The third-order valence-corrected chi connectivity index (χ3v) is 6.71. The first-order valence-corrected chi connectivity index (χ1v) is 12.5. The van der Waals surface area contributed by atoms with Crippen molar-refractivity contribution < 1.29 is 19.2 Å². The molecule has 0 aliphatic carbocycles.